The maximum atomic E-state index is 12.1. The molecule has 1 fully saturated rings. The second kappa shape index (κ2) is 6.41. The molecule has 5 nitrogen and oxygen atoms in total. The fourth-order valence-electron chi connectivity index (χ4n) is 2.13. The summed E-state index contributed by atoms with van der Waals surface area (Å²) in [6, 6.07) is 7.93. The van der Waals surface area contributed by atoms with E-state index in [1.807, 2.05) is 31.2 Å². The first-order valence-electron chi connectivity index (χ1n) is 6.88. The Bertz CT molecular complexity index is 498. The molecular weight excluding hydrogens is 256 g/mol. The molecule has 20 heavy (non-hydrogen) atoms. The van der Waals surface area contributed by atoms with Crippen molar-refractivity contribution in [3.8, 4) is 0 Å². The second-order valence-corrected chi connectivity index (χ2v) is 5.15. The van der Waals surface area contributed by atoms with Gasteiger partial charge in [0.1, 0.15) is 0 Å². The van der Waals surface area contributed by atoms with Crippen molar-refractivity contribution in [2.45, 2.75) is 38.8 Å². The standard InChI is InChI=1S/C15H20N2O3/c1-11-4-2-3-5-12(11)10-16-15(20)17(13-6-7-13)9-8-14(18)19/h2-5,13H,6-10H2,1H3,(H,16,20)(H,18,19). The zero-order valence-electron chi connectivity index (χ0n) is 11.6. The van der Waals surface area contributed by atoms with Gasteiger partial charge in [0, 0.05) is 19.1 Å². The highest BCUT2D eigenvalue weighted by molar-refractivity contribution is 5.76. The molecule has 0 atom stereocenters. The van der Waals surface area contributed by atoms with Crippen LogP contribution in [0.3, 0.4) is 0 Å². The average Bonchev–Trinajstić information content (AvgIpc) is 3.22. The SMILES string of the molecule is Cc1ccccc1CNC(=O)N(CCC(=O)O)C1CC1. The van der Waals surface area contributed by atoms with Gasteiger partial charge < -0.3 is 15.3 Å². The minimum Gasteiger partial charge on any atom is -0.481 e. The molecule has 0 unspecified atom stereocenters. The molecule has 1 aromatic rings. The van der Waals surface area contributed by atoms with Crippen molar-refractivity contribution >= 4 is 12.0 Å². The maximum Gasteiger partial charge on any atom is 0.317 e. The number of amides is 2. The van der Waals surface area contributed by atoms with E-state index >= 15 is 0 Å². The molecule has 1 saturated carbocycles. The molecule has 5 heteroatoms. The summed E-state index contributed by atoms with van der Waals surface area (Å²) in [6.45, 7) is 2.76. The van der Waals surface area contributed by atoms with Crippen LogP contribution in [-0.4, -0.2) is 34.6 Å². The van der Waals surface area contributed by atoms with Crippen molar-refractivity contribution < 1.29 is 14.7 Å². The van der Waals surface area contributed by atoms with Crippen LogP contribution in [0.4, 0.5) is 4.79 Å². The molecular formula is C15H20N2O3. The number of carbonyl (C=O) groups is 2. The minimum absolute atomic E-state index is 0.00567. The zero-order chi connectivity index (χ0) is 14.5. The molecule has 0 spiro atoms. The Morgan fingerprint density at radius 1 is 1.35 bits per heavy atom. The Kier molecular flexibility index (Phi) is 4.61. The first-order valence-corrected chi connectivity index (χ1v) is 6.88. The molecule has 0 aromatic heterocycles. The molecule has 2 rings (SSSR count). The lowest BCUT2D eigenvalue weighted by Crippen LogP contribution is -2.42. The lowest BCUT2D eigenvalue weighted by Gasteiger charge is -2.22. The number of hydrogen-bond acceptors (Lipinski definition) is 2. The summed E-state index contributed by atoms with van der Waals surface area (Å²) in [7, 11) is 0. The van der Waals surface area contributed by atoms with Crippen molar-refractivity contribution in [2.24, 2.45) is 0 Å². The van der Waals surface area contributed by atoms with Gasteiger partial charge in [-0.2, -0.15) is 0 Å². The molecule has 108 valence electrons. The highest BCUT2D eigenvalue weighted by atomic mass is 16.4. The van der Waals surface area contributed by atoms with E-state index in [0.717, 1.165) is 24.0 Å². The lowest BCUT2D eigenvalue weighted by molar-refractivity contribution is -0.137. The molecule has 1 aliphatic rings. The Balaban J connectivity index is 1.88. The number of hydrogen-bond donors (Lipinski definition) is 2. The number of carboxylic acids is 1. The summed E-state index contributed by atoms with van der Waals surface area (Å²) >= 11 is 0. The van der Waals surface area contributed by atoms with Crippen LogP contribution in [0.25, 0.3) is 0 Å². The molecule has 0 saturated heterocycles. The summed E-state index contributed by atoms with van der Waals surface area (Å²) in [5.74, 6) is -0.873. The number of nitrogens with zero attached hydrogens (tertiary/aromatic N) is 1. The van der Waals surface area contributed by atoms with E-state index < -0.39 is 5.97 Å². The second-order valence-electron chi connectivity index (χ2n) is 5.15. The predicted molar refractivity (Wildman–Crippen MR) is 75.4 cm³/mol. The van der Waals surface area contributed by atoms with Gasteiger partial charge in [0.15, 0.2) is 0 Å². The van der Waals surface area contributed by atoms with E-state index in [-0.39, 0.29) is 25.0 Å². The zero-order valence-corrected chi connectivity index (χ0v) is 11.6. The van der Waals surface area contributed by atoms with Crippen molar-refractivity contribution in [3.63, 3.8) is 0 Å². The van der Waals surface area contributed by atoms with Crippen LogP contribution in [0.1, 0.15) is 30.4 Å². The Morgan fingerprint density at radius 3 is 2.65 bits per heavy atom. The van der Waals surface area contributed by atoms with Crippen LogP contribution in [0.2, 0.25) is 0 Å². The van der Waals surface area contributed by atoms with Crippen LogP contribution < -0.4 is 5.32 Å². The van der Waals surface area contributed by atoms with Crippen molar-refractivity contribution in [1.29, 1.82) is 0 Å². The van der Waals surface area contributed by atoms with E-state index in [2.05, 4.69) is 5.32 Å². The van der Waals surface area contributed by atoms with Crippen molar-refractivity contribution in [2.75, 3.05) is 6.54 Å². The van der Waals surface area contributed by atoms with Gasteiger partial charge in [-0.3, -0.25) is 4.79 Å². The molecule has 0 heterocycles. The van der Waals surface area contributed by atoms with E-state index in [0.29, 0.717) is 6.54 Å². The summed E-state index contributed by atoms with van der Waals surface area (Å²) in [6.07, 6.45) is 1.93. The first kappa shape index (κ1) is 14.4. The average molecular weight is 276 g/mol. The van der Waals surface area contributed by atoms with Gasteiger partial charge >= 0.3 is 12.0 Å². The third kappa shape index (κ3) is 3.98. The molecule has 2 N–H and O–H groups in total. The van der Waals surface area contributed by atoms with Crippen LogP contribution in [0, 0.1) is 6.92 Å². The lowest BCUT2D eigenvalue weighted by atomic mass is 10.1. The quantitative estimate of drug-likeness (QED) is 0.836. The number of benzene rings is 1. The molecule has 1 aliphatic carbocycles. The Hall–Kier alpha value is -2.04. The predicted octanol–water partition coefficient (Wildman–Crippen LogP) is 2.14. The highest BCUT2D eigenvalue weighted by Gasteiger charge is 2.32. The number of nitrogens with one attached hydrogen (secondary N) is 1. The van der Waals surface area contributed by atoms with E-state index in [1.165, 1.54) is 0 Å². The number of carbonyl (C=O) groups excluding carboxylic acids is 1. The molecule has 0 bridgehead atoms. The third-order valence-electron chi connectivity index (χ3n) is 3.51. The van der Waals surface area contributed by atoms with Crippen molar-refractivity contribution in [1.82, 2.24) is 10.2 Å². The first-order chi connectivity index (χ1) is 9.58. The van der Waals surface area contributed by atoms with E-state index in [4.69, 9.17) is 5.11 Å². The van der Waals surface area contributed by atoms with Crippen LogP contribution in [-0.2, 0) is 11.3 Å². The number of aryl methyl sites for hydroxylation is 1. The monoisotopic (exact) mass is 276 g/mol. The molecule has 2 amide bonds. The molecule has 0 radical (unpaired) electrons. The van der Waals surface area contributed by atoms with Gasteiger partial charge in [0.05, 0.1) is 6.42 Å². The number of urea groups is 1. The normalized spacial score (nSPS) is 13.8. The summed E-state index contributed by atoms with van der Waals surface area (Å²) in [5.41, 5.74) is 2.21. The smallest absolute Gasteiger partial charge is 0.317 e. The summed E-state index contributed by atoms with van der Waals surface area (Å²) < 4.78 is 0. The third-order valence-corrected chi connectivity index (χ3v) is 3.51. The van der Waals surface area contributed by atoms with Crippen LogP contribution in [0.5, 0.6) is 0 Å². The summed E-state index contributed by atoms with van der Waals surface area (Å²) in [5, 5.41) is 11.6. The van der Waals surface area contributed by atoms with E-state index in [1.54, 1.807) is 4.90 Å². The van der Waals surface area contributed by atoms with E-state index in [9.17, 15) is 9.59 Å². The van der Waals surface area contributed by atoms with Gasteiger partial charge in [-0.1, -0.05) is 24.3 Å². The number of rotatable bonds is 6. The van der Waals surface area contributed by atoms with Gasteiger partial charge in [-0.25, -0.2) is 4.79 Å². The Labute approximate surface area is 118 Å². The molecule has 1 aromatic carbocycles. The minimum atomic E-state index is -0.873. The van der Waals surface area contributed by atoms with Gasteiger partial charge in [-0.15, -0.1) is 0 Å². The highest BCUT2D eigenvalue weighted by Crippen LogP contribution is 2.27. The van der Waals surface area contributed by atoms with Gasteiger partial charge in [-0.05, 0) is 30.9 Å². The Morgan fingerprint density at radius 2 is 2.05 bits per heavy atom. The fourth-order valence-corrected chi connectivity index (χ4v) is 2.13. The maximum absolute atomic E-state index is 12.1. The van der Waals surface area contributed by atoms with Crippen LogP contribution in [0.15, 0.2) is 24.3 Å². The topological polar surface area (TPSA) is 69.6 Å². The molecule has 0 aliphatic heterocycles. The largest absolute Gasteiger partial charge is 0.481 e. The summed E-state index contributed by atoms with van der Waals surface area (Å²) in [4.78, 5) is 24.4. The number of carboxylic acid groups (broad SMARTS) is 1. The fraction of sp³-hybridized carbons (Fsp3) is 0.467. The van der Waals surface area contributed by atoms with Crippen LogP contribution >= 0.6 is 0 Å². The van der Waals surface area contributed by atoms with Crippen molar-refractivity contribution in [3.05, 3.63) is 35.4 Å². The number of aliphatic carboxylic acids is 1. The van der Waals surface area contributed by atoms with Gasteiger partial charge in [0.2, 0.25) is 0 Å². The van der Waals surface area contributed by atoms with Gasteiger partial charge in [0.25, 0.3) is 0 Å².